The Hall–Kier alpha value is -3.15. The number of ether oxygens (including phenoxy) is 2. The lowest BCUT2D eigenvalue weighted by molar-refractivity contribution is 0.102. The Bertz CT molecular complexity index is 1110. The number of hydrogen-bond donors (Lipinski definition) is 1. The molecule has 0 radical (unpaired) electrons. The monoisotopic (exact) mass is 359 g/mol. The van der Waals surface area contributed by atoms with Gasteiger partial charge in [0.1, 0.15) is 0 Å². The first-order valence-corrected chi connectivity index (χ1v) is 9.27. The van der Waals surface area contributed by atoms with E-state index >= 15 is 0 Å². The van der Waals surface area contributed by atoms with Gasteiger partial charge in [-0.05, 0) is 49.6 Å². The molecule has 1 aliphatic heterocycles. The summed E-state index contributed by atoms with van der Waals surface area (Å²) >= 11 is 0. The molecule has 0 spiro atoms. The Balaban J connectivity index is 1.32. The minimum absolute atomic E-state index is 0.181. The zero-order chi connectivity index (χ0) is 18.0. The van der Waals surface area contributed by atoms with Crippen LogP contribution in [0.2, 0.25) is 0 Å². The predicted molar refractivity (Wildman–Crippen MR) is 99.4 cm³/mol. The van der Waals surface area contributed by atoms with E-state index in [9.17, 15) is 4.79 Å². The largest absolute Gasteiger partial charge is 0.454 e. The third kappa shape index (κ3) is 2.29. The number of nitrogens with zero attached hydrogens (tertiary/aromatic N) is 2. The van der Waals surface area contributed by atoms with Gasteiger partial charge in [0.15, 0.2) is 11.5 Å². The summed E-state index contributed by atoms with van der Waals surface area (Å²) in [6.45, 7) is 0.211. The van der Waals surface area contributed by atoms with Crippen LogP contribution in [0.25, 0.3) is 11.0 Å². The van der Waals surface area contributed by atoms with Gasteiger partial charge in [-0.3, -0.25) is 4.79 Å². The lowest BCUT2D eigenvalue weighted by Gasteiger charge is -2.14. The Morgan fingerprint density at radius 1 is 0.926 bits per heavy atom. The second-order valence-electron chi connectivity index (χ2n) is 7.43. The molecular weight excluding hydrogens is 342 g/mol. The molecule has 2 heterocycles. The van der Waals surface area contributed by atoms with Gasteiger partial charge < -0.3 is 14.8 Å². The summed E-state index contributed by atoms with van der Waals surface area (Å²) in [6, 6.07) is 10.9. The molecule has 0 saturated heterocycles. The van der Waals surface area contributed by atoms with Crippen molar-refractivity contribution in [2.45, 2.75) is 31.1 Å². The second kappa shape index (κ2) is 5.42. The van der Waals surface area contributed by atoms with Crippen LogP contribution in [-0.2, 0) is 0 Å². The zero-order valence-electron chi connectivity index (χ0n) is 14.6. The van der Waals surface area contributed by atoms with Gasteiger partial charge in [0.25, 0.3) is 5.91 Å². The maximum Gasteiger partial charge on any atom is 0.255 e. The number of rotatable bonds is 2. The number of anilines is 1. The van der Waals surface area contributed by atoms with Crippen LogP contribution in [0.15, 0.2) is 36.4 Å². The minimum Gasteiger partial charge on any atom is -0.454 e. The van der Waals surface area contributed by atoms with Gasteiger partial charge >= 0.3 is 0 Å². The van der Waals surface area contributed by atoms with E-state index in [1.165, 1.54) is 25.0 Å². The number of carbonyl (C=O) groups excluding carboxylic acids is 1. The number of fused-ring (bicyclic) bond motifs is 7. The minimum atomic E-state index is -0.181. The number of benzene rings is 2. The molecule has 3 aliphatic rings. The third-order valence-corrected chi connectivity index (χ3v) is 5.82. The van der Waals surface area contributed by atoms with Crippen molar-refractivity contribution in [3.63, 3.8) is 0 Å². The second-order valence-corrected chi connectivity index (χ2v) is 7.43. The Kier molecular flexibility index (Phi) is 3.01. The van der Waals surface area contributed by atoms with E-state index in [4.69, 9.17) is 19.4 Å². The van der Waals surface area contributed by atoms with Crippen molar-refractivity contribution in [2.75, 3.05) is 12.1 Å². The van der Waals surface area contributed by atoms with Gasteiger partial charge in [0, 0.05) is 29.2 Å². The van der Waals surface area contributed by atoms with Crippen molar-refractivity contribution in [1.29, 1.82) is 0 Å². The van der Waals surface area contributed by atoms with Gasteiger partial charge in [-0.15, -0.1) is 0 Å². The van der Waals surface area contributed by atoms with Crippen molar-refractivity contribution in [2.24, 2.45) is 0 Å². The van der Waals surface area contributed by atoms with E-state index < -0.39 is 0 Å². The van der Waals surface area contributed by atoms with Gasteiger partial charge in [0.2, 0.25) is 6.79 Å². The van der Waals surface area contributed by atoms with Gasteiger partial charge in [-0.2, -0.15) is 0 Å². The molecule has 6 rings (SSSR count). The van der Waals surface area contributed by atoms with E-state index in [1.54, 1.807) is 24.3 Å². The molecule has 1 amide bonds. The molecule has 1 saturated carbocycles. The summed E-state index contributed by atoms with van der Waals surface area (Å²) in [4.78, 5) is 22.4. The Morgan fingerprint density at radius 3 is 2.56 bits per heavy atom. The lowest BCUT2D eigenvalue weighted by atomic mass is 10.00. The molecule has 2 aliphatic carbocycles. The molecule has 134 valence electrons. The number of carbonyl (C=O) groups is 1. The molecule has 2 aromatic carbocycles. The van der Waals surface area contributed by atoms with E-state index in [-0.39, 0.29) is 12.7 Å². The Morgan fingerprint density at radius 2 is 1.70 bits per heavy atom. The SMILES string of the molecule is O=C(Nc1ccc2c(c1)OCO2)c1ccc2nc3c(nc2c1)C1CCC3C1. The zero-order valence-corrected chi connectivity index (χ0v) is 14.6. The summed E-state index contributed by atoms with van der Waals surface area (Å²) in [5.41, 5.74) is 5.21. The Labute approximate surface area is 155 Å². The maximum absolute atomic E-state index is 12.7. The highest BCUT2D eigenvalue weighted by Crippen LogP contribution is 2.51. The fourth-order valence-electron chi connectivity index (χ4n) is 4.48. The highest BCUT2D eigenvalue weighted by Gasteiger charge is 2.39. The van der Waals surface area contributed by atoms with Crippen LogP contribution >= 0.6 is 0 Å². The van der Waals surface area contributed by atoms with Crippen molar-refractivity contribution in [3.8, 4) is 11.5 Å². The summed E-state index contributed by atoms with van der Waals surface area (Å²) < 4.78 is 10.7. The lowest BCUT2D eigenvalue weighted by Crippen LogP contribution is -2.12. The van der Waals surface area contributed by atoms with Crippen LogP contribution < -0.4 is 14.8 Å². The quantitative estimate of drug-likeness (QED) is 0.749. The highest BCUT2D eigenvalue weighted by atomic mass is 16.7. The fraction of sp³-hybridized carbons (Fsp3) is 0.286. The molecule has 2 bridgehead atoms. The van der Waals surface area contributed by atoms with E-state index in [1.807, 2.05) is 12.1 Å². The molecule has 1 fully saturated rings. The molecule has 3 aromatic rings. The molecule has 2 unspecified atom stereocenters. The van der Waals surface area contributed by atoms with Crippen LogP contribution in [0.5, 0.6) is 11.5 Å². The van der Waals surface area contributed by atoms with Gasteiger partial charge in [0.05, 0.1) is 22.4 Å². The highest BCUT2D eigenvalue weighted by molar-refractivity contribution is 6.06. The average Bonchev–Trinajstić information content (AvgIpc) is 3.42. The average molecular weight is 359 g/mol. The van der Waals surface area contributed by atoms with Crippen LogP contribution in [0.3, 0.4) is 0 Å². The van der Waals surface area contributed by atoms with E-state index in [2.05, 4.69) is 5.32 Å². The molecule has 27 heavy (non-hydrogen) atoms. The van der Waals surface area contributed by atoms with Gasteiger partial charge in [-0.25, -0.2) is 9.97 Å². The molecule has 1 N–H and O–H groups in total. The van der Waals surface area contributed by atoms with Crippen molar-refractivity contribution in [3.05, 3.63) is 53.3 Å². The summed E-state index contributed by atoms with van der Waals surface area (Å²) in [5.74, 6) is 2.28. The molecule has 6 heteroatoms. The third-order valence-electron chi connectivity index (χ3n) is 5.82. The van der Waals surface area contributed by atoms with Crippen LogP contribution in [0.4, 0.5) is 5.69 Å². The number of amides is 1. The summed E-state index contributed by atoms with van der Waals surface area (Å²) in [7, 11) is 0. The standard InChI is InChI=1S/C21H17N3O3/c25-21(22-14-4-6-17-18(9-14)27-10-26-17)13-3-5-15-16(8-13)24-20-12-2-1-11(7-12)19(20)23-15/h3-6,8-9,11-12H,1-2,7,10H2,(H,22,25). The smallest absolute Gasteiger partial charge is 0.255 e. The fourth-order valence-corrected chi connectivity index (χ4v) is 4.48. The van der Waals surface area contributed by atoms with Crippen molar-refractivity contribution < 1.29 is 14.3 Å². The van der Waals surface area contributed by atoms with Crippen LogP contribution in [0, 0.1) is 0 Å². The molecule has 6 nitrogen and oxygen atoms in total. The number of aromatic nitrogens is 2. The van der Waals surface area contributed by atoms with Crippen LogP contribution in [0.1, 0.15) is 52.8 Å². The molecule has 2 atom stereocenters. The number of hydrogen-bond acceptors (Lipinski definition) is 5. The first kappa shape index (κ1) is 15.0. The first-order chi connectivity index (χ1) is 13.2. The maximum atomic E-state index is 12.7. The normalized spacial score (nSPS) is 21.5. The van der Waals surface area contributed by atoms with Crippen LogP contribution in [-0.4, -0.2) is 22.7 Å². The van der Waals surface area contributed by atoms with Gasteiger partial charge in [-0.1, -0.05) is 0 Å². The summed E-state index contributed by atoms with van der Waals surface area (Å²) in [5, 5.41) is 2.91. The first-order valence-electron chi connectivity index (χ1n) is 9.27. The molecule has 1 aromatic heterocycles. The van der Waals surface area contributed by atoms with Crippen molar-refractivity contribution in [1.82, 2.24) is 9.97 Å². The number of nitrogens with one attached hydrogen (secondary N) is 1. The predicted octanol–water partition coefficient (Wildman–Crippen LogP) is 3.98. The molecular formula is C21H17N3O3. The van der Waals surface area contributed by atoms with E-state index in [0.29, 0.717) is 34.6 Å². The van der Waals surface area contributed by atoms with E-state index in [0.717, 1.165) is 16.7 Å². The summed E-state index contributed by atoms with van der Waals surface area (Å²) in [6.07, 6.45) is 3.62. The topological polar surface area (TPSA) is 73.3 Å². The van der Waals surface area contributed by atoms with Crippen molar-refractivity contribution >= 4 is 22.6 Å².